The summed E-state index contributed by atoms with van der Waals surface area (Å²) in [6.45, 7) is 0. The number of nitrogens with zero attached hydrogens (tertiary/aromatic N) is 2. The van der Waals surface area contributed by atoms with Crippen LogP contribution in [0, 0.1) is 5.92 Å². The summed E-state index contributed by atoms with van der Waals surface area (Å²) in [5.41, 5.74) is 1.81. The molecule has 1 aliphatic carbocycles. The van der Waals surface area contributed by atoms with Crippen molar-refractivity contribution in [2.45, 2.75) is 6.42 Å². The number of carbonyl (C=O) groups is 2. The maximum Gasteiger partial charge on any atom is 0.193 e. The van der Waals surface area contributed by atoms with Gasteiger partial charge in [0.25, 0.3) is 0 Å². The van der Waals surface area contributed by atoms with Gasteiger partial charge >= 0.3 is 0 Å². The first kappa shape index (κ1) is 12.6. The third-order valence-corrected chi connectivity index (χ3v) is 3.60. The van der Waals surface area contributed by atoms with Crippen molar-refractivity contribution >= 4 is 11.6 Å². The number of Topliss-reactive ketones (excluding diaryl/α,β-unsaturated/α-hetero) is 2. The lowest BCUT2D eigenvalue weighted by Gasteiger charge is -2.03. The highest BCUT2D eigenvalue weighted by molar-refractivity contribution is 6.18. The van der Waals surface area contributed by atoms with E-state index in [1.165, 1.54) is 0 Å². The number of carbonyl (C=O) groups excluding carboxylic acids is 2. The molecule has 1 heterocycles. The molecule has 1 aromatic heterocycles. The van der Waals surface area contributed by atoms with Gasteiger partial charge in [-0.1, -0.05) is 6.07 Å². The van der Waals surface area contributed by atoms with Gasteiger partial charge in [-0.3, -0.25) is 9.59 Å². The molecule has 0 amide bonds. The molecule has 0 saturated heterocycles. The lowest BCUT2D eigenvalue weighted by atomic mass is 9.98. The molecule has 0 radical (unpaired) electrons. The van der Waals surface area contributed by atoms with Crippen molar-refractivity contribution in [3.05, 3.63) is 47.5 Å². The molecule has 3 rings (SSSR count). The van der Waals surface area contributed by atoms with Crippen LogP contribution in [0.5, 0.6) is 5.75 Å². The molecule has 1 unspecified atom stereocenters. The zero-order valence-electron chi connectivity index (χ0n) is 11.3. The van der Waals surface area contributed by atoms with E-state index >= 15 is 0 Å². The van der Waals surface area contributed by atoms with Crippen LogP contribution in [0.4, 0.5) is 0 Å². The Balaban J connectivity index is 1.92. The smallest absolute Gasteiger partial charge is 0.193 e. The van der Waals surface area contributed by atoms with Gasteiger partial charge in [-0.15, -0.1) is 0 Å². The van der Waals surface area contributed by atoms with Crippen LogP contribution in [0.25, 0.3) is 0 Å². The number of ether oxygens (including phenoxy) is 1. The second-order valence-corrected chi connectivity index (χ2v) is 4.93. The first-order valence-corrected chi connectivity index (χ1v) is 6.33. The Kier molecular flexibility index (Phi) is 2.89. The number of fused-ring (bicyclic) bond motifs is 1. The van der Waals surface area contributed by atoms with Crippen LogP contribution in [0.15, 0.2) is 30.7 Å². The molecule has 1 aromatic carbocycles. The van der Waals surface area contributed by atoms with E-state index in [-0.39, 0.29) is 11.6 Å². The molecule has 0 spiro atoms. The molecule has 1 atom stereocenters. The molecule has 2 aromatic rings. The Morgan fingerprint density at radius 1 is 1.45 bits per heavy atom. The number of hydrogen-bond donors (Lipinski definition) is 0. The molecular weight excluding hydrogens is 256 g/mol. The molecule has 20 heavy (non-hydrogen) atoms. The fraction of sp³-hybridized carbons (Fsp3) is 0.267. The number of imidazole rings is 1. The molecule has 102 valence electrons. The van der Waals surface area contributed by atoms with Crippen molar-refractivity contribution in [2.24, 2.45) is 13.0 Å². The van der Waals surface area contributed by atoms with Gasteiger partial charge in [0.15, 0.2) is 11.6 Å². The Labute approximate surface area is 116 Å². The number of rotatable bonds is 3. The predicted octanol–water partition coefficient (Wildman–Crippen LogP) is 1.67. The lowest BCUT2D eigenvalue weighted by Crippen LogP contribution is -2.21. The minimum atomic E-state index is -0.660. The predicted molar refractivity (Wildman–Crippen MR) is 72.1 cm³/mol. The van der Waals surface area contributed by atoms with Crippen molar-refractivity contribution in [2.75, 3.05) is 7.11 Å². The van der Waals surface area contributed by atoms with E-state index in [1.54, 1.807) is 43.4 Å². The number of aryl methyl sites for hydroxylation is 1. The number of benzene rings is 1. The van der Waals surface area contributed by atoms with Crippen molar-refractivity contribution in [1.82, 2.24) is 9.55 Å². The van der Waals surface area contributed by atoms with Crippen LogP contribution >= 0.6 is 0 Å². The van der Waals surface area contributed by atoms with Crippen LogP contribution in [-0.4, -0.2) is 28.2 Å². The number of hydrogen-bond acceptors (Lipinski definition) is 4. The van der Waals surface area contributed by atoms with E-state index < -0.39 is 5.92 Å². The zero-order chi connectivity index (χ0) is 14.3. The highest BCUT2D eigenvalue weighted by Gasteiger charge is 2.37. The van der Waals surface area contributed by atoms with Gasteiger partial charge in [0.2, 0.25) is 0 Å². The van der Waals surface area contributed by atoms with Crippen molar-refractivity contribution < 1.29 is 14.3 Å². The van der Waals surface area contributed by atoms with Crippen LogP contribution < -0.4 is 4.74 Å². The van der Waals surface area contributed by atoms with E-state index in [0.717, 1.165) is 5.56 Å². The minimum Gasteiger partial charge on any atom is -0.497 e. The Morgan fingerprint density at radius 3 is 2.90 bits per heavy atom. The van der Waals surface area contributed by atoms with Gasteiger partial charge in [0.1, 0.15) is 11.4 Å². The standard InChI is InChI=1S/C15H14N2O3/c1-17-7-13(16-8-17)15(19)12-5-9-3-4-10(20-2)6-11(9)14(12)18/h3-4,6-8,12H,5H2,1-2H3. The van der Waals surface area contributed by atoms with Crippen LogP contribution in [-0.2, 0) is 13.5 Å². The quantitative estimate of drug-likeness (QED) is 0.628. The van der Waals surface area contributed by atoms with Gasteiger partial charge < -0.3 is 9.30 Å². The topological polar surface area (TPSA) is 61.2 Å². The summed E-state index contributed by atoms with van der Waals surface area (Å²) < 4.78 is 6.82. The SMILES string of the molecule is COc1ccc2c(c1)C(=O)C(C(=O)c1cn(C)cn1)C2. The normalized spacial score (nSPS) is 17.1. The van der Waals surface area contributed by atoms with E-state index in [0.29, 0.717) is 23.4 Å². The monoisotopic (exact) mass is 270 g/mol. The molecule has 0 aliphatic heterocycles. The molecule has 5 nitrogen and oxygen atoms in total. The fourth-order valence-electron chi connectivity index (χ4n) is 2.52. The third kappa shape index (κ3) is 1.91. The maximum atomic E-state index is 12.4. The number of ketones is 2. The molecule has 5 heteroatoms. The van der Waals surface area contributed by atoms with Gasteiger partial charge in [0.05, 0.1) is 19.4 Å². The molecule has 1 aliphatic rings. The highest BCUT2D eigenvalue weighted by atomic mass is 16.5. The molecular formula is C15H14N2O3. The summed E-state index contributed by atoms with van der Waals surface area (Å²) in [5, 5.41) is 0. The third-order valence-electron chi connectivity index (χ3n) is 3.60. The number of methoxy groups -OCH3 is 1. The number of aromatic nitrogens is 2. The Hall–Kier alpha value is -2.43. The van der Waals surface area contributed by atoms with Gasteiger partial charge in [-0.2, -0.15) is 0 Å². The van der Waals surface area contributed by atoms with Crippen molar-refractivity contribution in [3.63, 3.8) is 0 Å². The van der Waals surface area contributed by atoms with Crippen LogP contribution in [0.1, 0.15) is 26.4 Å². The summed E-state index contributed by atoms with van der Waals surface area (Å²) in [5.74, 6) is -0.393. The molecule has 0 fully saturated rings. The maximum absolute atomic E-state index is 12.4. The largest absolute Gasteiger partial charge is 0.497 e. The second kappa shape index (κ2) is 4.59. The molecule has 0 N–H and O–H groups in total. The van der Waals surface area contributed by atoms with E-state index in [4.69, 9.17) is 4.74 Å². The first-order valence-electron chi connectivity index (χ1n) is 6.33. The molecule has 0 saturated carbocycles. The van der Waals surface area contributed by atoms with Gasteiger partial charge in [-0.05, 0) is 24.1 Å². The molecule has 0 bridgehead atoms. The summed E-state index contributed by atoms with van der Waals surface area (Å²) >= 11 is 0. The Morgan fingerprint density at radius 2 is 2.25 bits per heavy atom. The summed E-state index contributed by atoms with van der Waals surface area (Å²) in [7, 11) is 3.34. The van der Waals surface area contributed by atoms with Crippen molar-refractivity contribution in [1.29, 1.82) is 0 Å². The summed E-state index contributed by atoms with van der Waals surface area (Å²) in [6, 6.07) is 5.35. The van der Waals surface area contributed by atoms with Crippen LogP contribution in [0.2, 0.25) is 0 Å². The Bertz CT molecular complexity index is 703. The van der Waals surface area contributed by atoms with Crippen LogP contribution in [0.3, 0.4) is 0 Å². The first-order chi connectivity index (χ1) is 9.60. The summed E-state index contributed by atoms with van der Waals surface area (Å²) in [6.07, 6.45) is 3.63. The van der Waals surface area contributed by atoms with Gasteiger partial charge in [-0.25, -0.2) is 4.98 Å². The van der Waals surface area contributed by atoms with E-state index in [1.807, 2.05) is 6.07 Å². The van der Waals surface area contributed by atoms with Gasteiger partial charge in [0, 0.05) is 18.8 Å². The minimum absolute atomic E-state index is 0.144. The second-order valence-electron chi connectivity index (χ2n) is 4.93. The fourth-order valence-corrected chi connectivity index (χ4v) is 2.52. The lowest BCUT2D eigenvalue weighted by molar-refractivity contribution is 0.0819. The average Bonchev–Trinajstić information content (AvgIpc) is 3.02. The average molecular weight is 270 g/mol. The van der Waals surface area contributed by atoms with E-state index in [2.05, 4.69) is 4.98 Å². The highest BCUT2D eigenvalue weighted by Crippen LogP contribution is 2.31. The zero-order valence-corrected chi connectivity index (χ0v) is 11.3. The summed E-state index contributed by atoms with van der Waals surface area (Å²) in [4.78, 5) is 28.8. The van der Waals surface area contributed by atoms with Crippen molar-refractivity contribution in [3.8, 4) is 5.75 Å². The van der Waals surface area contributed by atoms with E-state index in [9.17, 15) is 9.59 Å².